The second-order valence-electron chi connectivity index (χ2n) is 5.13. The third-order valence-corrected chi connectivity index (χ3v) is 4.20. The summed E-state index contributed by atoms with van der Waals surface area (Å²) in [6.07, 6.45) is 9.79. The van der Waals surface area contributed by atoms with Crippen molar-refractivity contribution in [3.8, 4) is 0 Å². The highest BCUT2D eigenvalue weighted by Crippen LogP contribution is 2.55. The zero-order valence-electron chi connectivity index (χ0n) is 8.72. The third kappa shape index (κ3) is 1.17. The first-order valence-electron chi connectivity index (χ1n) is 5.96. The fraction of sp³-hybridized carbons (Fsp3) is 0.833. The van der Waals surface area contributed by atoms with Gasteiger partial charge in [-0.3, -0.25) is 0 Å². The number of fused-ring (bicyclic) bond motifs is 4. The first kappa shape index (κ1) is 8.74. The normalized spacial score (nSPS) is 56.5. The van der Waals surface area contributed by atoms with Crippen molar-refractivity contribution in [2.75, 3.05) is 13.2 Å². The van der Waals surface area contributed by atoms with Crippen molar-refractivity contribution in [3.05, 3.63) is 12.2 Å². The van der Waals surface area contributed by atoms with Gasteiger partial charge in [-0.25, -0.2) is 0 Å². The van der Waals surface area contributed by atoms with Crippen molar-refractivity contribution >= 4 is 0 Å². The van der Waals surface area contributed by atoms with Crippen molar-refractivity contribution in [1.29, 1.82) is 0 Å². The molecule has 4 unspecified atom stereocenters. The van der Waals surface area contributed by atoms with Gasteiger partial charge in [0.05, 0.1) is 25.4 Å². The van der Waals surface area contributed by atoms with Gasteiger partial charge in [-0.2, -0.15) is 0 Å². The van der Waals surface area contributed by atoms with E-state index in [2.05, 4.69) is 12.2 Å². The number of rotatable bonds is 0. The van der Waals surface area contributed by atoms with Crippen LogP contribution in [0.25, 0.3) is 0 Å². The molecular formula is C12H16O3. The number of hydrogen-bond acceptors (Lipinski definition) is 3. The first-order valence-corrected chi connectivity index (χ1v) is 5.96. The Morgan fingerprint density at radius 2 is 1.80 bits per heavy atom. The summed E-state index contributed by atoms with van der Waals surface area (Å²) in [5.41, 5.74) is 0.192. The van der Waals surface area contributed by atoms with Crippen LogP contribution in [0.3, 0.4) is 0 Å². The third-order valence-electron chi connectivity index (χ3n) is 4.20. The molecule has 0 saturated carbocycles. The van der Waals surface area contributed by atoms with Crippen LogP contribution in [0.2, 0.25) is 0 Å². The largest absolute Gasteiger partial charge is 0.376 e. The summed E-state index contributed by atoms with van der Waals surface area (Å²) in [5, 5.41) is 0. The van der Waals surface area contributed by atoms with Crippen molar-refractivity contribution in [2.24, 2.45) is 5.41 Å². The lowest BCUT2D eigenvalue weighted by Crippen LogP contribution is -2.38. The molecule has 0 bridgehead atoms. The molecule has 1 aliphatic carbocycles. The molecule has 0 aromatic heterocycles. The van der Waals surface area contributed by atoms with E-state index in [9.17, 15) is 0 Å². The Hall–Kier alpha value is -0.380. The topological polar surface area (TPSA) is 34.3 Å². The van der Waals surface area contributed by atoms with Gasteiger partial charge in [0.25, 0.3) is 0 Å². The predicted molar refractivity (Wildman–Crippen MR) is 53.6 cm³/mol. The molecule has 4 atom stereocenters. The smallest absolute Gasteiger partial charge is 0.108 e. The van der Waals surface area contributed by atoms with Gasteiger partial charge in [-0.1, -0.05) is 12.2 Å². The van der Waals surface area contributed by atoms with Crippen LogP contribution in [0.15, 0.2) is 12.2 Å². The Balaban J connectivity index is 1.69. The van der Waals surface area contributed by atoms with Crippen LogP contribution < -0.4 is 0 Å². The first-order chi connectivity index (χ1) is 7.40. The van der Waals surface area contributed by atoms with E-state index >= 15 is 0 Å². The highest BCUT2D eigenvalue weighted by molar-refractivity contribution is 5.21. The molecule has 4 aliphatic rings. The summed E-state index contributed by atoms with van der Waals surface area (Å²) in [6, 6.07) is 0. The summed E-state index contributed by atoms with van der Waals surface area (Å²) in [5.74, 6) is 0. The Morgan fingerprint density at radius 1 is 1.07 bits per heavy atom. The van der Waals surface area contributed by atoms with Gasteiger partial charge in [0.15, 0.2) is 0 Å². The van der Waals surface area contributed by atoms with E-state index in [-0.39, 0.29) is 5.41 Å². The number of epoxide rings is 2. The summed E-state index contributed by atoms with van der Waals surface area (Å²) < 4.78 is 17.1. The van der Waals surface area contributed by atoms with E-state index in [1.165, 1.54) is 19.3 Å². The molecule has 0 aromatic rings. The van der Waals surface area contributed by atoms with Crippen LogP contribution in [-0.2, 0) is 14.2 Å². The summed E-state index contributed by atoms with van der Waals surface area (Å²) >= 11 is 0. The molecule has 3 aliphatic heterocycles. The Morgan fingerprint density at radius 3 is 2.40 bits per heavy atom. The van der Waals surface area contributed by atoms with E-state index in [1.54, 1.807) is 0 Å². The van der Waals surface area contributed by atoms with E-state index in [1.807, 2.05) is 0 Å². The molecule has 15 heavy (non-hydrogen) atoms. The number of hydrogen-bond donors (Lipinski definition) is 0. The molecule has 3 fully saturated rings. The van der Waals surface area contributed by atoms with Gasteiger partial charge in [-0.05, 0) is 19.3 Å². The maximum absolute atomic E-state index is 5.77. The summed E-state index contributed by atoms with van der Waals surface area (Å²) in [4.78, 5) is 0. The minimum atomic E-state index is 0.192. The SMILES string of the molecule is C1=CC2(CCC1)C1OC1COCC1OC12. The summed E-state index contributed by atoms with van der Waals surface area (Å²) in [6.45, 7) is 1.51. The minimum Gasteiger partial charge on any atom is -0.376 e. The Bertz CT molecular complexity index is 294. The lowest BCUT2D eigenvalue weighted by atomic mass is 9.71. The maximum atomic E-state index is 5.77. The van der Waals surface area contributed by atoms with Crippen LogP contribution in [0.1, 0.15) is 19.3 Å². The minimum absolute atomic E-state index is 0.192. The van der Waals surface area contributed by atoms with Gasteiger partial charge < -0.3 is 14.2 Å². The van der Waals surface area contributed by atoms with E-state index in [0.29, 0.717) is 24.4 Å². The van der Waals surface area contributed by atoms with Gasteiger partial charge in [0.2, 0.25) is 0 Å². The molecule has 0 N–H and O–H groups in total. The number of allylic oxidation sites excluding steroid dienone is 1. The van der Waals surface area contributed by atoms with E-state index in [4.69, 9.17) is 14.2 Å². The van der Waals surface area contributed by atoms with E-state index < -0.39 is 0 Å². The quantitative estimate of drug-likeness (QED) is 0.444. The molecule has 0 amide bonds. The van der Waals surface area contributed by atoms with Crippen LogP contribution in [0.4, 0.5) is 0 Å². The maximum Gasteiger partial charge on any atom is 0.108 e. The molecule has 1 spiro atoms. The average Bonchev–Trinajstić information content (AvgIpc) is 3.13. The second-order valence-corrected chi connectivity index (χ2v) is 5.13. The lowest BCUT2D eigenvalue weighted by molar-refractivity contribution is 0.101. The monoisotopic (exact) mass is 208 g/mol. The van der Waals surface area contributed by atoms with Crippen molar-refractivity contribution in [3.63, 3.8) is 0 Å². The summed E-state index contributed by atoms with van der Waals surface area (Å²) in [7, 11) is 0. The van der Waals surface area contributed by atoms with Gasteiger partial charge in [0.1, 0.15) is 12.2 Å². The molecule has 0 aromatic carbocycles. The molecule has 3 nitrogen and oxygen atoms in total. The molecule has 3 heteroatoms. The fourth-order valence-corrected chi connectivity index (χ4v) is 3.33. The molecule has 4 rings (SSSR count). The van der Waals surface area contributed by atoms with Crippen molar-refractivity contribution in [2.45, 2.75) is 43.7 Å². The average molecular weight is 208 g/mol. The zero-order valence-corrected chi connectivity index (χ0v) is 8.72. The number of ether oxygens (including phenoxy) is 3. The van der Waals surface area contributed by atoms with Crippen LogP contribution in [0, 0.1) is 5.41 Å². The molecule has 3 saturated heterocycles. The Labute approximate surface area is 89.4 Å². The zero-order chi connectivity index (χ0) is 9.88. The van der Waals surface area contributed by atoms with Crippen LogP contribution in [0.5, 0.6) is 0 Å². The molecule has 82 valence electrons. The lowest BCUT2D eigenvalue weighted by Gasteiger charge is -2.31. The van der Waals surface area contributed by atoms with Crippen molar-refractivity contribution in [1.82, 2.24) is 0 Å². The Kier molecular flexibility index (Phi) is 1.66. The van der Waals surface area contributed by atoms with Gasteiger partial charge >= 0.3 is 0 Å². The van der Waals surface area contributed by atoms with E-state index in [0.717, 1.165) is 13.2 Å². The molecular weight excluding hydrogens is 192 g/mol. The second kappa shape index (κ2) is 2.84. The standard InChI is InChI=1S/C12H16O3/c1-2-4-12(5-3-1)10-8(14-10)6-13-7-9-11(12)15-9/h2,4,8-11H,1,3,5-7H2. The fourth-order valence-electron chi connectivity index (χ4n) is 3.33. The van der Waals surface area contributed by atoms with Crippen LogP contribution in [-0.4, -0.2) is 37.6 Å². The molecule has 0 radical (unpaired) electrons. The van der Waals surface area contributed by atoms with Gasteiger partial charge in [0, 0.05) is 5.41 Å². The van der Waals surface area contributed by atoms with Gasteiger partial charge in [-0.15, -0.1) is 0 Å². The van der Waals surface area contributed by atoms with Crippen LogP contribution >= 0.6 is 0 Å². The predicted octanol–water partition coefficient (Wildman–Crippen LogP) is 1.28. The van der Waals surface area contributed by atoms with Crippen molar-refractivity contribution < 1.29 is 14.2 Å². The highest BCUT2D eigenvalue weighted by Gasteiger charge is 2.65. The highest BCUT2D eigenvalue weighted by atomic mass is 16.7. The molecule has 3 heterocycles.